The number of amides is 1. The van der Waals surface area contributed by atoms with Crippen molar-refractivity contribution in [1.82, 2.24) is 4.98 Å². The summed E-state index contributed by atoms with van der Waals surface area (Å²) < 4.78 is 13.5. The first-order valence-corrected chi connectivity index (χ1v) is 5.39. The lowest BCUT2D eigenvalue weighted by atomic mass is 10.1. The molecule has 0 aliphatic carbocycles. The van der Waals surface area contributed by atoms with Crippen LogP contribution in [0.3, 0.4) is 0 Å². The SMILES string of the molecule is Nc1ccccc1C(=O)N(Cl)c1ccc(F)cn1. The Morgan fingerprint density at radius 3 is 2.61 bits per heavy atom. The molecule has 0 bridgehead atoms. The van der Waals surface area contributed by atoms with Crippen LogP contribution in [0.1, 0.15) is 10.4 Å². The number of anilines is 2. The topological polar surface area (TPSA) is 59.2 Å². The number of nitrogens with two attached hydrogens (primary N) is 1. The van der Waals surface area contributed by atoms with Gasteiger partial charge < -0.3 is 5.73 Å². The Labute approximate surface area is 108 Å². The van der Waals surface area contributed by atoms with E-state index >= 15 is 0 Å². The summed E-state index contributed by atoms with van der Waals surface area (Å²) >= 11 is 5.86. The van der Waals surface area contributed by atoms with E-state index in [9.17, 15) is 9.18 Å². The third-order valence-electron chi connectivity index (χ3n) is 2.28. The molecule has 6 heteroatoms. The van der Waals surface area contributed by atoms with Crippen LogP contribution in [0.15, 0.2) is 42.6 Å². The lowest BCUT2D eigenvalue weighted by molar-refractivity contribution is 0.101. The maximum Gasteiger partial charge on any atom is 0.276 e. The number of pyridine rings is 1. The lowest BCUT2D eigenvalue weighted by Gasteiger charge is -2.13. The van der Waals surface area contributed by atoms with E-state index in [0.717, 1.165) is 10.6 Å². The number of nitrogens with zero attached hydrogens (tertiary/aromatic N) is 2. The van der Waals surface area contributed by atoms with E-state index in [1.54, 1.807) is 24.3 Å². The molecule has 0 radical (unpaired) electrons. The summed E-state index contributed by atoms with van der Waals surface area (Å²) in [6.45, 7) is 0. The van der Waals surface area contributed by atoms with Gasteiger partial charge in [-0.15, -0.1) is 0 Å². The molecule has 0 saturated heterocycles. The molecule has 0 unspecified atom stereocenters. The first-order valence-electron chi connectivity index (χ1n) is 5.06. The van der Waals surface area contributed by atoms with Crippen LogP contribution in [0.4, 0.5) is 15.9 Å². The number of halogens is 2. The van der Waals surface area contributed by atoms with Crippen LogP contribution in [0, 0.1) is 5.82 Å². The quantitative estimate of drug-likeness (QED) is 0.671. The fourth-order valence-corrected chi connectivity index (χ4v) is 1.58. The number of carbonyl (C=O) groups excluding carboxylic acids is 1. The molecule has 2 N–H and O–H groups in total. The molecular weight excluding hydrogens is 257 g/mol. The van der Waals surface area contributed by atoms with E-state index in [1.165, 1.54) is 12.1 Å². The van der Waals surface area contributed by atoms with Crippen LogP contribution in [-0.2, 0) is 0 Å². The summed E-state index contributed by atoms with van der Waals surface area (Å²) in [6.07, 6.45) is 0.979. The smallest absolute Gasteiger partial charge is 0.276 e. The number of carbonyl (C=O) groups is 1. The van der Waals surface area contributed by atoms with Crippen molar-refractivity contribution in [3.63, 3.8) is 0 Å². The molecule has 2 aromatic rings. The Balaban J connectivity index is 2.29. The number of benzene rings is 1. The van der Waals surface area contributed by atoms with Gasteiger partial charge in [0.15, 0.2) is 5.82 Å². The molecule has 2 rings (SSSR count). The van der Waals surface area contributed by atoms with E-state index < -0.39 is 11.7 Å². The van der Waals surface area contributed by atoms with Crippen LogP contribution in [-0.4, -0.2) is 10.9 Å². The zero-order valence-electron chi connectivity index (χ0n) is 9.18. The lowest BCUT2D eigenvalue weighted by Crippen LogP contribution is -2.22. The van der Waals surface area contributed by atoms with Gasteiger partial charge in [0.1, 0.15) is 5.82 Å². The molecule has 18 heavy (non-hydrogen) atoms. The van der Waals surface area contributed by atoms with Crippen LogP contribution >= 0.6 is 11.8 Å². The van der Waals surface area contributed by atoms with Crippen molar-refractivity contribution in [3.8, 4) is 0 Å². The van der Waals surface area contributed by atoms with Gasteiger partial charge in [0.25, 0.3) is 5.91 Å². The van der Waals surface area contributed by atoms with Gasteiger partial charge in [-0.05, 0) is 24.3 Å². The summed E-state index contributed by atoms with van der Waals surface area (Å²) in [5.41, 5.74) is 6.25. The third kappa shape index (κ3) is 2.41. The van der Waals surface area contributed by atoms with E-state index in [2.05, 4.69) is 4.98 Å². The fourth-order valence-electron chi connectivity index (χ4n) is 1.39. The number of aromatic nitrogens is 1. The Bertz CT molecular complexity index is 574. The second-order valence-corrected chi connectivity index (χ2v) is 3.85. The summed E-state index contributed by atoms with van der Waals surface area (Å²) in [6, 6.07) is 9.00. The molecule has 0 saturated carbocycles. The number of hydrogen-bond acceptors (Lipinski definition) is 3. The minimum absolute atomic E-state index is 0.131. The van der Waals surface area contributed by atoms with E-state index in [1.807, 2.05) is 0 Å². The Morgan fingerprint density at radius 2 is 2.00 bits per heavy atom. The average molecular weight is 266 g/mol. The van der Waals surface area contributed by atoms with Crippen LogP contribution < -0.4 is 10.2 Å². The number of rotatable bonds is 2. The van der Waals surface area contributed by atoms with Crippen molar-refractivity contribution in [2.24, 2.45) is 0 Å². The molecule has 1 amide bonds. The first-order chi connectivity index (χ1) is 8.59. The molecule has 92 valence electrons. The van der Waals surface area contributed by atoms with Crippen LogP contribution in [0.2, 0.25) is 0 Å². The number of nitrogen functional groups attached to an aromatic ring is 1. The van der Waals surface area contributed by atoms with Gasteiger partial charge in [-0.2, -0.15) is 4.42 Å². The first kappa shape index (κ1) is 12.3. The van der Waals surface area contributed by atoms with Crippen molar-refractivity contribution >= 4 is 29.2 Å². The van der Waals surface area contributed by atoms with Crippen molar-refractivity contribution in [2.75, 3.05) is 10.2 Å². The average Bonchev–Trinajstić information content (AvgIpc) is 2.38. The van der Waals surface area contributed by atoms with Gasteiger partial charge in [-0.3, -0.25) is 4.79 Å². The largest absolute Gasteiger partial charge is 0.398 e. The summed E-state index contributed by atoms with van der Waals surface area (Å²) in [7, 11) is 0. The van der Waals surface area contributed by atoms with Crippen molar-refractivity contribution in [1.29, 1.82) is 0 Å². The predicted octanol–water partition coefficient (Wildman–Crippen LogP) is 2.60. The van der Waals surface area contributed by atoms with E-state index in [-0.39, 0.29) is 11.4 Å². The predicted molar refractivity (Wildman–Crippen MR) is 67.7 cm³/mol. The molecule has 1 heterocycles. The van der Waals surface area contributed by atoms with Crippen LogP contribution in [0.25, 0.3) is 0 Å². The molecule has 1 aromatic heterocycles. The minimum Gasteiger partial charge on any atom is -0.398 e. The van der Waals surface area contributed by atoms with Gasteiger partial charge in [-0.25, -0.2) is 9.37 Å². The fraction of sp³-hybridized carbons (Fsp3) is 0. The third-order valence-corrected chi connectivity index (χ3v) is 2.61. The van der Waals surface area contributed by atoms with Crippen molar-refractivity contribution in [3.05, 3.63) is 54.0 Å². The summed E-state index contributed by atoms with van der Waals surface area (Å²) in [5, 5.41) is 0. The number of para-hydroxylation sites is 1. The molecule has 0 fully saturated rings. The highest BCUT2D eigenvalue weighted by Gasteiger charge is 2.18. The molecule has 0 spiro atoms. The van der Waals surface area contributed by atoms with Gasteiger partial charge in [0, 0.05) is 17.5 Å². The van der Waals surface area contributed by atoms with Gasteiger partial charge in [-0.1, -0.05) is 12.1 Å². The van der Waals surface area contributed by atoms with Gasteiger partial charge >= 0.3 is 0 Å². The van der Waals surface area contributed by atoms with Crippen molar-refractivity contribution < 1.29 is 9.18 Å². The molecule has 0 aliphatic heterocycles. The Hall–Kier alpha value is -2.14. The van der Waals surface area contributed by atoms with Gasteiger partial charge in [0.2, 0.25) is 0 Å². The normalized spacial score (nSPS) is 10.1. The molecule has 0 aliphatic rings. The number of hydrogen-bond donors (Lipinski definition) is 1. The highest BCUT2D eigenvalue weighted by molar-refractivity contribution is 6.39. The molecule has 1 aromatic carbocycles. The monoisotopic (exact) mass is 265 g/mol. The zero-order chi connectivity index (χ0) is 13.1. The summed E-state index contributed by atoms with van der Waals surface area (Å²) in [5.74, 6) is -0.893. The second-order valence-electron chi connectivity index (χ2n) is 3.51. The maximum atomic E-state index is 12.7. The molecular formula is C12H9ClFN3O. The molecule has 4 nitrogen and oxygen atoms in total. The Morgan fingerprint density at radius 1 is 1.28 bits per heavy atom. The maximum absolute atomic E-state index is 12.7. The second kappa shape index (κ2) is 5.01. The zero-order valence-corrected chi connectivity index (χ0v) is 9.93. The highest BCUT2D eigenvalue weighted by Crippen LogP contribution is 2.20. The van der Waals surface area contributed by atoms with Crippen LogP contribution in [0.5, 0.6) is 0 Å². The molecule has 0 atom stereocenters. The van der Waals surface area contributed by atoms with E-state index in [0.29, 0.717) is 5.69 Å². The standard InChI is InChI=1S/C12H9ClFN3O/c13-17(11-6-5-8(14)7-16-11)12(18)9-3-1-2-4-10(9)15/h1-7H,15H2. The Kier molecular flexibility index (Phi) is 3.43. The summed E-state index contributed by atoms with van der Waals surface area (Å²) in [4.78, 5) is 15.7. The van der Waals surface area contributed by atoms with Crippen molar-refractivity contribution in [2.45, 2.75) is 0 Å². The van der Waals surface area contributed by atoms with E-state index in [4.69, 9.17) is 17.5 Å². The van der Waals surface area contributed by atoms with Gasteiger partial charge in [0.05, 0.1) is 11.8 Å². The minimum atomic E-state index is -0.520. The highest BCUT2D eigenvalue weighted by atomic mass is 35.5.